The Labute approximate surface area is 135 Å². The molecule has 3 nitrogen and oxygen atoms in total. The fourth-order valence-electron chi connectivity index (χ4n) is 3.62. The minimum atomic E-state index is -1.09. The quantitative estimate of drug-likeness (QED) is 0.821. The molecule has 2 unspecified atom stereocenters. The average Bonchev–Trinajstić information content (AvgIpc) is 2.78. The average molecular weight is 324 g/mol. The van der Waals surface area contributed by atoms with Gasteiger partial charge in [0.15, 0.2) is 0 Å². The molecule has 0 aromatic heterocycles. The van der Waals surface area contributed by atoms with Gasteiger partial charge < -0.3 is 9.87 Å². The molecule has 22 heavy (non-hydrogen) atoms. The number of nitrogens with one attached hydrogen (secondary N) is 2. The van der Waals surface area contributed by atoms with Crippen molar-refractivity contribution in [2.45, 2.75) is 50.8 Å². The van der Waals surface area contributed by atoms with Gasteiger partial charge in [-0.05, 0) is 69.8 Å². The Morgan fingerprint density at radius 2 is 2.05 bits per heavy atom. The molecule has 2 aliphatic rings. The largest absolute Gasteiger partial charge is 0.598 e. The van der Waals surface area contributed by atoms with Gasteiger partial charge in [0.25, 0.3) is 0 Å². The predicted octanol–water partition coefficient (Wildman–Crippen LogP) is 2.32. The van der Waals surface area contributed by atoms with Crippen LogP contribution in [0.15, 0.2) is 18.2 Å². The van der Waals surface area contributed by atoms with Gasteiger partial charge in [-0.15, -0.1) is 4.72 Å². The van der Waals surface area contributed by atoms with E-state index in [1.165, 1.54) is 5.56 Å². The van der Waals surface area contributed by atoms with Gasteiger partial charge in [0.05, 0.1) is 6.04 Å². The van der Waals surface area contributed by atoms with Crippen LogP contribution < -0.4 is 10.0 Å². The molecule has 1 aromatic rings. The third-order valence-corrected chi connectivity index (χ3v) is 6.56. The summed E-state index contributed by atoms with van der Waals surface area (Å²) in [6.45, 7) is 7.74. The Bertz CT molecular complexity index is 560. The smallest absolute Gasteiger partial charge is 0.136 e. The van der Waals surface area contributed by atoms with Gasteiger partial charge in [0.2, 0.25) is 0 Å². The Kier molecular flexibility index (Phi) is 4.27. The lowest BCUT2D eigenvalue weighted by Crippen LogP contribution is -2.60. The van der Waals surface area contributed by atoms with E-state index in [1.54, 1.807) is 12.1 Å². The molecule has 122 valence electrons. The highest BCUT2D eigenvalue weighted by atomic mass is 32.2. The van der Waals surface area contributed by atoms with E-state index in [9.17, 15) is 8.94 Å². The summed E-state index contributed by atoms with van der Waals surface area (Å²) in [5.41, 5.74) is 2.43. The summed E-state index contributed by atoms with van der Waals surface area (Å²) in [5.74, 6) is -0.160. The monoisotopic (exact) mass is 324 g/mol. The molecule has 0 bridgehead atoms. The molecule has 1 aliphatic heterocycles. The first-order valence-electron chi connectivity index (χ1n) is 7.96. The molecule has 1 aliphatic carbocycles. The second-order valence-electron chi connectivity index (χ2n) is 7.63. The van der Waals surface area contributed by atoms with Crippen LogP contribution >= 0.6 is 0 Å². The van der Waals surface area contributed by atoms with Crippen LogP contribution in [0.2, 0.25) is 0 Å². The van der Waals surface area contributed by atoms with Crippen molar-refractivity contribution in [3.05, 3.63) is 35.1 Å². The van der Waals surface area contributed by atoms with Gasteiger partial charge >= 0.3 is 0 Å². The molecule has 1 fully saturated rings. The maximum absolute atomic E-state index is 13.5. The summed E-state index contributed by atoms with van der Waals surface area (Å²) in [7, 11) is 0. The standard InChI is InChI=1S/C17H25FN2OS/c1-16(2,3)22(21)20-15-11-19-7-6-17(15)9-12-4-5-14(18)8-13(12)10-17/h4-5,8,15,19-20H,6-7,9-11H2,1-3H3/t15?,17?,22-/m1/s1. The van der Waals surface area contributed by atoms with Crippen molar-refractivity contribution >= 4 is 11.4 Å². The van der Waals surface area contributed by atoms with Crippen molar-refractivity contribution in [1.82, 2.24) is 10.0 Å². The van der Waals surface area contributed by atoms with E-state index in [-0.39, 0.29) is 22.0 Å². The fraction of sp³-hybridized carbons (Fsp3) is 0.647. The highest BCUT2D eigenvalue weighted by Gasteiger charge is 2.47. The predicted molar refractivity (Wildman–Crippen MR) is 88.5 cm³/mol. The highest BCUT2D eigenvalue weighted by Crippen LogP contribution is 2.44. The lowest BCUT2D eigenvalue weighted by Gasteiger charge is -2.43. The van der Waals surface area contributed by atoms with E-state index in [0.29, 0.717) is 0 Å². The Morgan fingerprint density at radius 1 is 1.32 bits per heavy atom. The molecule has 5 heteroatoms. The molecule has 0 amide bonds. The van der Waals surface area contributed by atoms with Gasteiger partial charge in [-0.3, -0.25) is 0 Å². The van der Waals surface area contributed by atoms with Gasteiger partial charge in [-0.25, -0.2) is 4.39 Å². The Morgan fingerprint density at radius 3 is 2.77 bits per heavy atom. The molecule has 3 atom stereocenters. The number of fused-ring (bicyclic) bond motifs is 1. The minimum Gasteiger partial charge on any atom is -0.598 e. The molecular weight excluding hydrogens is 299 g/mol. The lowest BCUT2D eigenvalue weighted by atomic mass is 9.73. The van der Waals surface area contributed by atoms with Gasteiger partial charge in [-0.2, -0.15) is 0 Å². The lowest BCUT2D eigenvalue weighted by molar-refractivity contribution is 0.165. The van der Waals surface area contributed by atoms with E-state index < -0.39 is 11.4 Å². The van der Waals surface area contributed by atoms with Gasteiger partial charge in [-0.1, -0.05) is 6.07 Å². The maximum Gasteiger partial charge on any atom is 0.136 e. The number of hydrogen-bond donors (Lipinski definition) is 2. The zero-order valence-corrected chi connectivity index (χ0v) is 14.4. The van der Waals surface area contributed by atoms with E-state index in [2.05, 4.69) is 10.0 Å². The van der Waals surface area contributed by atoms with Crippen molar-refractivity contribution in [1.29, 1.82) is 0 Å². The van der Waals surface area contributed by atoms with Crippen molar-refractivity contribution in [2.24, 2.45) is 5.41 Å². The van der Waals surface area contributed by atoms with Crippen LogP contribution in [0.4, 0.5) is 4.39 Å². The first-order valence-corrected chi connectivity index (χ1v) is 9.11. The first-order chi connectivity index (χ1) is 10.3. The minimum absolute atomic E-state index is 0.0578. The first kappa shape index (κ1) is 16.2. The topological polar surface area (TPSA) is 47.1 Å². The van der Waals surface area contributed by atoms with Crippen LogP contribution in [0.25, 0.3) is 0 Å². The number of piperidine rings is 1. The molecular formula is C17H25FN2OS. The van der Waals surface area contributed by atoms with Crippen LogP contribution in [0.5, 0.6) is 0 Å². The van der Waals surface area contributed by atoms with E-state index in [1.807, 2.05) is 26.8 Å². The molecule has 3 rings (SSSR count). The van der Waals surface area contributed by atoms with E-state index in [0.717, 1.165) is 37.9 Å². The van der Waals surface area contributed by atoms with Crippen molar-refractivity contribution < 1.29 is 8.94 Å². The van der Waals surface area contributed by atoms with Crippen LogP contribution in [0.3, 0.4) is 0 Å². The zero-order chi connectivity index (χ0) is 16.0. The summed E-state index contributed by atoms with van der Waals surface area (Å²) >= 11 is -1.09. The van der Waals surface area contributed by atoms with E-state index >= 15 is 0 Å². The molecule has 0 radical (unpaired) electrons. The normalized spacial score (nSPS) is 29.6. The van der Waals surface area contributed by atoms with Crippen LogP contribution in [-0.2, 0) is 24.2 Å². The fourth-order valence-corrected chi connectivity index (χ4v) is 4.57. The summed E-state index contributed by atoms with van der Waals surface area (Å²) in [6.07, 6.45) is 2.85. The summed E-state index contributed by atoms with van der Waals surface area (Å²) in [4.78, 5) is 0. The highest BCUT2D eigenvalue weighted by molar-refractivity contribution is 7.90. The van der Waals surface area contributed by atoms with Crippen LogP contribution in [-0.4, -0.2) is 28.4 Å². The third-order valence-electron chi connectivity index (χ3n) is 4.95. The summed E-state index contributed by atoms with van der Waals surface area (Å²) in [5, 5.41) is 3.41. The second-order valence-corrected chi connectivity index (χ2v) is 9.63. The third kappa shape index (κ3) is 3.04. The number of hydrogen-bond acceptors (Lipinski definition) is 3. The number of rotatable bonds is 2. The van der Waals surface area contributed by atoms with Crippen molar-refractivity contribution in [3.63, 3.8) is 0 Å². The van der Waals surface area contributed by atoms with Crippen LogP contribution in [0.1, 0.15) is 38.3 Å². The number of benzene rings is 1. The zero-order valence-electron chi connectivity index (χ0n) is 13.5. The van der Waals surface area contributed by atoms with Gasteiger partial charge in [0, 0.05) is 23.3 Å². The molecule has 1 heterocycles. The SMILES string of the molecule is CC(C)(C)[S@@+]([O-])NC1CNCCC12Cc1ccc(F)cc1C2. The summed E-state index contributed by atoms with van der Waals surface area (Å²) < 4.78 is 29.1. The second kappa shape index (κ2) is 5.78. The van der Waals surface area contributed by atoms with Crippen molar-refractivity contribution in [3.8, 4) is 0 Å². The molecule has 1 spiro atoms. The molecule has 1 saturated heterocycles. The maximum atomic E-state index is 13.5. The van der Waals surface area contributed by atoms with E-state index in [4.69, 9.17) is 0 Å². The Hall–Kier alpha value is -0.620. The number of halogens is 1. The Balaban J connectivity index is 1.82. The van der Waals surface area contributed by atoms with Crippen molar-refractivity contribution in [2.75, 3.05) is 13.1 Å². The molecule has 0 saturated carbocycles. The molecule has 2 N–H and O–H groups in total. The van der Waals surface area contributed by atoms with Gasteiger partial charge in [0.1, 0.15) is 10.6 Å². The van der Waals surface area contributed by atoms with Crippen LogP contribution in [0, 0.1) is 11.2 Å². The molecule has 1 aromatic carbocycles. The summed E-state index contributed by atoms with van der Waals surface area (Å²) in [6, 6.07) is 5.29.